The van der Waals surface area contributed by atoms with Crippen molar-refractivity contribution in [1.82, 2.24) is 10.3 Å². The Bertz CT molecular complexity index is 723. The van der Waals surface area contributed by atoms with E-state index < -0.39 is 0 Å². The number of hydrogen-bond donors (Lipinski definition) is 1. The summed E-state index contributed by atoms with van der Waals surface area (Å²) in [6, 6.07) is 5.68. The number of thiazole rings is 1. The molecule has 0 amide bonds. The molecule has 0 radical (unpaired) electrons. The molecule has 1 aliphatic rings. The van der Waals surface area contributed by atoms with Crippen molar-refractivity contribution in [3.63, 3.8) is 0 Å². The first-order valence-corrected chi connectivity index (χ1v) is 9.38. The molecular formula is C18H22ClN3OS. The number of aromatic nitrogens is 1. The van der Waals surface area contributed by atoms with Gasteiger partial charge in [0.1, 0.15) is 12.4 Å². The molecule has 1 aromatic carbocycles. The summed E-state index contributed by atoms with van der Waals surface area (Å²) in [4.78, 5) is 9.95. The molecule has 6 heteroatoms. The molecule has 0 aliphatic carbocycles. The van der Waals surface area contributed by atoms with Crippen molar-refractivity contribution in [3.05, 3.63) is 44.4 Å². The normalized spacial score (nSPS) is 16.0. The number of ether oxygens (including phenoxy) is 1. The molecule has 1 N–H and O–H groups in total. The summed E-state index contributed by atoms with van der Waals surface area (Å²) in [5, 5.41) is 5.30. The zero-order valence-electron chi connectivity index (χ0n) is 14.0. The van der Waals surface area contributed by atoms with Gasteiger partial charge in [-0.3, -0.25) is 4.99 Å². The Hall–Kier alpha value is -1.43. The number of aryl methyl sites for hydroxylation is 1. The van der Waals surface area contributed by atoms with E-state index in [0.717, 1.165) is 30.1 Å². The van der Waals surface area contributed by atoms with Gasteiger partial charge < -0.3 is 10.1 Å². The van der Waals surface area contributed by atoms with Gasteiger partial charge in [-0.25, -0.2) is 4.98 Å². The summed E-state index contributed by atoms with van der Waals surface area (Å²) in [5.41, 5.74) is 1.98. The number of nitrogens with zero attached hydrogens (tertiary/aromatic N) is 2. The first-order valence-electron chi connectivity index (χ1n) is 8.19. The van der Waals surface area contributed by atoms with Gasteiger partial charge in [0.15, 0.2) is 0 Å². The Morgan fingerprint density at radius 2 is 2.21 bits per heavy atom. The van der Waals surface area contributed by atoms with Gasteiger partial charge in [0.05, 0.1) is 20.6 Å². The monoisotopic (exact) mass is 363 g/mol. The first-order chi connectivity index (χ1) is 11.7. The van der Waals surface area contributed by atoms with Crippen LogP contribution < -0.4 is 10.1 Å². The smallest absolute Gasteiger partial charge is 0.124 e. The summed E-state index contributed by atoms with van der Waals surface area (Å²) >= 11 is 8.02. The fourth-order valence-electron chi connectivity index (χ4n) is 2.82. The van der Waals surface area contributed by atoms with Gasteiger partial charge in [-0.1, -0.05) is 11.6 Å². The van der Waals surface area contributed by atoms with E-state index in [1.54, 1.807) is 24.6 Å². The molecule has 0 unspecified atom stereocenters. The molecule has 1 saturated heterocycles. The van der Waals surface area contributed by atoms with E-state index in [4.69, 9.17) is 21.3 Å². The summed E-state index contributed by atoms with van der Waals surface area (Å²) in [5.74, 6) is 1.36. The molecule has 1 aliphatic heterocycles. The minimum atomic E-state index is 0.534. The Kier molecular flexibility index (Phi) is 5.87. The van der Waals surface area contributed by atoms with E-state index in [0.29, 0.717) is 17.5 Å². The zero-order valence-corrected chi connectivity index (χ0v) is 15.6. The maximum absolute atomic E-state index is 6.24. The summed E-state index contributed by atoms with van der Waals surface area (Å²) in [6.07, 6.45) is 4.08. The number of benzene rings is 1. The number of halogens is 1. The van der Waals surface area contributed by atoms with Crippen LogP contribution in [0.4, 0.5) is 0 Å². The highest BCUT2D eigenvalue weighted by Crippen LogP contribution is 2.31. The quantitative estimate of drug-likeness (QED) is 0.810. The number of piperidine rings is 1. The van der Waals surface area contributed by atoms with Crippen LogP contribution in [-0.2, 0) is 6.61 Å². The second-order valence-electron chi connectivity index (χ2n) is 5.94. The van der Waals surface area contributed by atoms with Crippen molar-refractivity contribution in [3.8, 4) is 5.75 Å². The average Bonchev–Trinajstić information content (AvgIpc) is 2.97. The maximum Gasteiger partial charge on any atom is 0.124 e. The second-order valence-corrected chi connectivity index (χ2v) is 7.47. The third-order valence-corrected chi connectivity index (χ3v) is 5.83. The highest BCUT2D eigenvalue weighted by atomic mass is 35.5. The van der Waals surface area contributed by atoms with E-state index in [1.807, 2.05) is 18.2 Å². The molecule has 4 nitrogen and oxygen atoms in total. The minimum Gasteiger partial charge on any atom is -0.488 e. The molecule has 0 saturated carbocycles. The molecular weight excluding hydrogens is 342 g/mol. The Labute approximate surface area is 151 Å². The largest absolute Gasteiger partial charge is 0.488 e. The van der Waals surface area contributed by atoms with Crippen molar-refractivity contribution in [2.75, 3.05) is 20.1 Å². The SMILES string of the molecule is CN=Cc1ccc(OCc2sc(C3CCNCC3)nc2C)cc1Cl. The number of rotatable bonds is 5. The molecule has 0 spiro atoms. The predicted molar refractivity (Wildman–Crippen MR) is 101 cm³/mol. The Morgan fingerprint density at radius 3 is 2.92 bits per heavy atom. The fourth-order valence-corrected chi connectivity index (χ4v) is 4.19. The van der Waals surface area contributed by atoms with Crippen molar-refractivity contribution < 1.29 is 4.74 Å². The third-order valence-electron chi connectivity index (χ3n) is 4.21. The topological polar surface area (TPSA) is 46.5 Å². The van der Waals surface area contributed by atoms with E-state index in [9.17, 15) is 0 Å². The van der Waals surface area contributed by atoms with Gasteiger partial charge in [0.2, 0.25) is 0 Å². The summed E-state index contributed by atoms with van der Waals surface area (Å²) in [7, 11) is 1.73. The van der Waals surface area contributed by atoms with Crippen LogP contribution in [0.3, 0.4) is 0 Å². The van der Waals surface area contributed by atoms with E-state index in [2.05, 4.69) is 17.2 Å². The maximum atomic E-state index is 6.24. The minimum absolute atomic E-state index is 0.534. The number of nitrogens with one attached hydrogen (secondary N) is 1. The van der Waals surface area contributed by atoms with Crippen LogP contribution >= 0.6 is 22.9 Å². The fraction of sp³-hybridized carbons (Fsp3) is 0.444. The van der Waals surface area contributed by atoms with E-state index in [-0.39, 0.29) is 0 Å². The third kappa shape index (κ3) is 4.15. The number of hydrogen-bond acceptors (Lipinski definition) is 5. The summed E-state index contributed by atoms with van der Waals surface area (Å²) in [6.45, 7) is 4.77. The standard InChI is InChI=1S/C18H22ClN3OS/c1-12-17(24-18(22-12)13-5-7-21-8-6-13)11-23-15-4-3-14(10-20-2)16(19)9-15/h3-4,9-10,13,21H,5-8,11H2,1-2H3. The van der Waals surface area contributed by atoms with Crippen LogP contribution in [0.25, 0.3) is 0 Å². The van der Waals surface area contributed by atoms with Crippen molar-refractivity contribution >= 4 is 29.2 Å². The average molecular weight is 364 g/mol. The molecule has 0 atom stereocenters. The summed E-state index contributed by atoms with van der Waals surface area (Å²) < 4.78 is 5.92. The lowest BCUT2D eigenvalue weighted by Gasteiger charge is -2.20. The molecule has 24 heavy (non-hydrogen) atoms. The van der Waals surface area contributed by atoms with Gasteiger partial charge >= 0.3 is 0 Å². The molecule has 2 aromatic rings. The molecule has 128 valence electrons. The van der Waals surface area contributed by atoms with Crippen LogP contribution in [0, 0.1) is 6.92 Å². The van der Waals surface area contributed by atoms with Crippen LogP contribution in [0.5, 0.6) is 5.75 Å². The lowest BCUT2D eigenvalue weighted by Crippen LogP contribution is -2.26. The predicted octanol–water partition coefficient (Wildman–Crippen LogP) is 4.20. The van der Waals surface area contributed by atoms with Crippen molar-refractivity contribution in [1.29, 1.82) is 0 Å². The first kappa shape index (κ1) is 17.4. The highest BCUT2D eigenvalue weighted by molar-refractivity contribution is 7.11. The van der Waals surface area contributed by atoms with E-state index in [1.165, 1.54) is 22.7 Å². The van der Waals surface area contributed by atoms with Gasteiger partial charge in [-0.2, -0.15) is 0 Å². The van der Waals surface area contributed by atoms with Gasteiger partial charge in [-0.15, -0.1) is 11.3 Å². The molecule has 1 fully saturated rings. The zero-order chi connectivity index (χ0) is 16.9. The molecule has 0 bridgehead atoms. The van der Waals surface area contributed by atoms with Crippen LogP contribution in [0.1, 0.15) is 39.9 Å². The number of aliphatic imine (C=N–C) groups is 1. The lowest BCUT2D eigenvalue weighted by molar-refractivity contribution is 0.309. The van der Waals surface area contributed by atoms with Gasteiger partial charge in [0, 0.05) is 24.7 Å². The van der Waals surface area contributed by atoms with Crippen LogP contribution in [0.2, 0.25) is 5.02 Å². The molecule has 3 rings (SSSR count). The Morgan fingerprint density at radius 1 is 1.42 bits per heavy atom. The van der Waals surface area contributed by atoms with Crippen molar-refractivity contribution in [2.24, 2.45) is 4.99 Å². The molecule has 2 heterocycles. The van der Waals surface area contributed by atoms with E-state index >= 15 is 0 Å². The van der Waals surface area contributed by atoms with Crippen LogP contribution in [-0.4, -0.2) is 31.3 Å². The highest BCUT2D eigenvalue weighted by Gasteiger charge is 2.20. The van der Waals surface area contributed by atoms with Gasteiger partial charge in [0.25, 0.3) is 0 Å². The molecule has 1 aromatic heterocycles. The van der Waals surface area contributed by atoms with Crippen LogP contribution in [0.15, 0.2) is 23.2 Å². The lowest BCUT2D eigenvalue weighted by atomic mass is 9.99. The van der Waals surface area contributed by atoms with Gasteiger partial charge in [-0.05, 0) is 51.1 Å². The van der Waals surface area contributed by atoms with Crippen molar-refractivity contribution in [2.45, 2.75) is 32.3 Å². The Balaban J connectivity index is 1.66. The second kappa shape index (κ2) is 8.10.